The molecule has 1 aromatic carbocycles. The number of nitrogens with one attached hydrogen (secondary N) is 1. The maximum atomic E-state index is 11.5. The molecule has 1 N–H and O–H groups in total. The average Bonchev–Trinajstić information content (AvgIpc) is 2.41. The van der Waals surface area contributed by atoms with Gasteiger partial charge in [0.2, 0.25) is 5.91 Å². The Bertz CT molecular complexity index is 598. The number of rotatable bonds is 4. The van der Waals surface area contributed by atoms with Gasteiger partial charge in [0.25, 0.3) is 0 Å². The summed E-state index contributed by atoms with van der Waals surface area (Å²) in [5.74, 6) is 0.0642. The highest BCUT2D eigenvalue weighted by Crippen LogP contribution is 2.24. The molecule has 19 heavy (non-hydrogen) atoms. The number of carbonyl (C=O) groups excluding carboxylic acids is 1. The second-order valence-electron chi connectivity index (χ2n) is 4.50. The molecule has 4 nitrogen and oxygen atoms in total. The van der Waals surface area contributed by atoms with Crippen LogP contribution in [0.2, 0.25) is 0 Å². The number of carbonyl (C=O) groups is 1. The summed E-state index contributed by atoms with van der Waals surface area (Å²) < 4.78 is 1.03. The minimum absolute atomic E-state index is 0.0642. The molecule has 0 saturated carbocycles. The highest BCUT2D eigenvalue weighted by atomic mass is 79.9. The fourth-order valence-electron chi connectivity index (χ4n) is 1.80. The molecule has 1 aromatic heterocycles. The Morgan fingerprint density at radius 1 is 1.37 bits per heavy atom. The number of benzene rings is 1. The van der Waals surface area contributed by atoms with Crippen molar-refractivity contribution < 1.29 is 4.79 Å². The van der Waals surface area contributed by atoms with Gasteiger partial charge in [0, 0.05) is 36.7 Å². The third kappa shape index (κ3) is 3.30. The van der Waals surface area contributed by atoms with E-state index in [9.17, 15) is 4.79 Å². The number of amides is 1. The van der Waals surface area contributed by atoms with Crippen molar-refractivity contribution in [2.24, 2.45) is 0 Å². The highest BCUT2D eigenvalue weighted by molar-refractivity contribution is 9.10. The third-order valence-corrected chi connectivity index (χ3v) is 3.58. The number of hydrogen-bond acceptors (Lipinski definition) is 3. The van der Waals surface area contributed by atoms with Gasteiger partial charge in [-0.25, -0.2) is 0 Å². The van der Waals surface area contributed by atoms with Crippen molar-refractivity contribution in [3.8, 4) is 0 Å². The summed E-state index contributed by atoms with van der Waals surface area (Å²) in [5, 5.41) is 4.23. The smallest absolute Gasteiger partial charge is 0.236 e. The van der Waals surface area contributed by atoms with Gasteiger partial charge < -0.3 is 10.2 Å². The zero-order chi connectivity index (χ0) is 13.8. The Hall–Kier alpha value is -1.46. The van der Waals surface area contributed by atoms with Crippen LogP contribution in [0.5, 0.6) is 0 Å². The molecule has 0 aliphatic heterocycles. The van der Waals surface area contributed by atoms with Crippen LogP contribution < -0.4 is 5.32 Å². The lowest BCUT2D eigenvalue weighted by Crippen LogP contribution is -2.32. The van der Waals surface area contributed by atoms with Gasteiger partial charge >= 0.3 is 0 Å². The van der Waals surface area contributed by atoms with Crippen LogP contribution >= 0.6 is 15.9 Å². The van der Waals surface area contributed by atoms with E-state index in [1.54, 1.807) is 25.2 Å². The molecular formula is C14H16BrN3O. The van der Waals surface area contributed by atoms with E-state index in [2.05, 4.69) is 26.2 Å². The fourth-order valence-corrected chi connectivity index (χ4v) is 2.25. The van der Waals surface area contributed by atoms with E-state index in [0.717, 1.165) is 20.9 Å². The number of likely N-dealkylation sites (N-methyl/N-ethyl adjacent to an activating group) is 1. The summed E-state index contributed by atoms with van der Waals surface area (Å²) in [6.45, 7) is 0.956. The lowest BCUT2D eigenvalue weighted by Gasteiger charge is -2.12. The van der Waals surface area contributed by atoms with Crippen LogP contribution in [-0.4, -0.2) is 36.4 Å². The molecule has 1 amide bonds. The summed E-state index contributed by atoms with van der Waals surface area (Å²) >= 11 is 3.52. The maximum Gasteiger partial charge on any atom is 0.236 e. The van der Waals surface area contributed by atoms with Crippen LogP contribution in [0.15, 0.2) is 34.9 Å². The van der Waals surface area contributed by atoms with E-state index < -0.39 is 0 Å². The lowest BCUT2D eigenvalue weighted by molar-refractivity contribution is -0.127. The third-order valence-electron chi connectivity index (χ3n) is 2.89. The Morgan fingerprint density at radius 3 is 2.89 bits per heavy atom. The first-order valence-corrected chi connectivity index (χ1v) is 6.82. The lowest BCUT2D eigenvalue weighted by atomic mass is 10.1. The molecule has 0 saturated heterocycles. The van der Waals surface area contributed by atoms with Crippen molar-refractivity contribution in [1.82, 2.24) is 15.2 Å². The van der Waals surface area contributed by atoms with Crippen molar-refractivity contribution in [2.45, 2.75) is 6.54 Å². The van der Waals surface area contributed by atoms with Crippen LogP contribution in [0.3, 0.4) is 0 Å². The van der Waals surface area contributed by atoms with E-state index in [0.29, 0.717) is 13.1 Å². The first-order chi connectivity index (χ1) is 9.09. The van der Waals surface area contributed by atoms with Crippen molar-refractivity contribution in [1.29, 1.82) is 0 Å². The Labute approximate surface area is 120 Å². The quantitative estimate of drug-likeness (QED) is 0.938. The van der Waals surface area contributed by atoms with Crippen LogP contribution in [0.25, 0.3) is 10.9 Å². The monoisotopic (exact) mass is 321 g/mol. The first-order valence-electron chi connectivity index (χ1n) is 6.02. The molecule has 0 unspecified atom stereocenters. The van der Waals surface area contributed by atoms with Crippen LogP contribution in [0.4, 0.5) is 0 Å². The van der Waals surface area contributed by atoms with Gasteiger partial charge in [-0.15, -0.1) is 0 Å². The topological polar surface area (TPSA) is 45.2 Å². The van der Waals surface area contributed by atoms with E-state index in [4.69, 9.17) is 0 Å². The number of pyridine rings is 1. The largest absolute Gasteiger partial charge is 0.348 e. The van der Waals surface area contributed by atoms with Gasteiger partial charge in [-0.3, -0.25) is 9.78 Å². The molecule has 0 spiro atoms. The Morgan fingerprint density at radius 2 is 2.16 bits per heavy atom. The number of halogens is 1. The second kappa shape index (κ2) is 6.12. The second-order valence-corrected chi connectivity index (χ2v) is 5.35. The van der Waals surface area contributed by atoms with Crippen molar-refractivity contribution >= 4 is 32.7 Å². The first kappa shape index (κ1) is 14.0. The van der Waals surface area contributed by atoms with Crippen LogP contribution in [0.1, 0.15) is 5.56 Å². The predicted octanol–water partition coefficient (Wildman–Crippen LogP) is 2.18. The fraction of sp³-hybridized carbons (Fsp3) is 0.286. The molecule has 2 aromatic rings. The Kier molecular flexibility index (Phi) is 4.50. The Balaban J connectivity index is 2.13. The maximum absolute atomic E-state index is 11.5. The summed E-state index contributed by atoms with van der Waals surface area (Å²) in [6.07, 6.45) is 1.78. The molecular weight excluding hydrogens is 306 g/mol. The van der Waals surface area contributed by atoms with Crippen molar-refractivity contribution in [3.63, 3.8) is 0 Å². The van der Waals surface area contributed by atoms with E-state index >= 15 is 0 Å². The summed E-state index contributed by atoms with van der Waals surface area (Å²) in [7, 11) is 3.50. The normalized spacial score (nSPS) is 10.7. The SMILES string of the molecule is CN(C)C(=O)CNCc1ccc(Br)c2cccnc12. The minimum Gasteiger partial charge on any atom is -0.348 e. The molecule has 0 aliphatic carbocycles. The van der Waals surface area contributed by atoms with E-state index in [1.807, 2.05) is 24.3 Å². The van der Waals surface area contributed by atoms with Gasteiger partial charge in [0.15, 0.2) is 0 Å². The molecule has 0 atom stereocenters. The minimum atomic E-state index is 0.0642. The molecule has 5 heteroatoms. The predicted molar refractivity (Wildman–Crippen MR) is 79.8 cm³/mol. The number of fused-ring (bicyclic) bond motifs is 1. The summed E-state index contributed by atoms with van der Waals surface area (Å²) in [4.78, 5) is 17.5. The molecule has 0 radical (unpaired) electrons. The zero-order valence-corrected chi connectivity index (χ0v) is 12.6. The van der Waals surface area contributed by atoms with Gasteiger partial charge in [0.1, 0.15) is 0 Å². The van der Waals surface area contributed by atoms with E-state index in [1.165, 1.54) is 0 Å². The molecule has 2 rings (SSSR count). The number of hydrogen-bond donors (Lipinski definition) is 1. The van der Waals surface area contributed by atoms with Crippen LogP contribution in [-0.2, 0) is 11.3 Å². The number of nitrogens with zero attached hydrogens (tertiary/aromatic N) is 2. The zero-order valence-electron chi connectivity index (χ0n) is 11.0. The van der Waals surface area contributed by atoms with Crippen LogP contribution in [0, 0.1) is 0 Å². The molecule has 0 fully saturated rings. The molecule has 0 aliphatic rings. The number of aromatic nitrogens is 1. The summed E-state index contributed by atoms with van der Waals surface area (Å²) in [5.41, 5.74) is 2.05. The average molecular weight is 322 g/mol. The van der Waals surface area contributed by atoms with Gasteiger partial charge in [-0.05, 0) is 17.7 Å². The van der Waals surface area contributed by atoms with Gasteiger partial charge in [-0.2, -0.15) is 0 Å². The van der Waals surface area contributed by atoms with Crippen molar-refractivity contribution in [2.75, 3.05) is 20.6 Å². The molecule has 100 valence electrons. The van der Waals surface area contributed by atoms with Gasteiger partial charge in [-0.1, -0.05) is 28.1 Å². The van der Waals surface area contributed by atoms with Crippen molar-refractivity contribution in [3.05, 3.63) is 40.5 Å². The highest BCUT2D eigenvalue weighted by Gasteiger charge is 2.07. The van der Waals surface area contributed by atoms with E-state index in [-0.39, 0.29) is 5.91 Å². The molecule has 1 heterocycles. The summed E-state index contributed by atoms with van der Waals surface area (Å²) in [6, 6.07) is 7.97. The van der Waals surface area contributed by atoms with Gasteiger partial charge in [0.05, 0.1) is 12.1 Å². The standard InChI is InChI=1S/C14H16BrN3O/c1-18(2)13(19)9-16-8-10-5-6-12(15)11-4-3-7-17-14(10)11/h3-7,16H,8-9H2,1-2H3. The molecule has 0 bridgehead atoms.